The number of likely N-dealkylation sites (tertiary alicyclic amines) is 1. The molecule has 4 rings (SSSR count). The van der Waals surface area contributed by atoms with Gasteiger partial charge in [0.15, 0.2) is 0 Å². The number of ether oxygens (including phenoxy) is 2. The first-order valence-electron chi connectivity index (χ1n) is 12.6. The Morgan fingerprint density at radius 3 is 2.64 bits per heavy atom. The molecule has 3 aliphatic rings. The number of nitrogens with zero attached hydrogens (tertiary/aromatic N) is 2. The van der Waals surface area contributed by atoms with Crippen LogP contribution in [0.1, 0.15) is 32.3 Å². The zero-order valence-corrected chi connectivity index (χ0v) is 21.1. The van der Waals surface area contributed by atoms with Gasteiger partial charge in [0.1, 0.15) is 24.2 Å². The number of aliphatic hydroxyl groups excluding tert-OH is 1. The molecule has 1 aromatic carbocycles. The van der Waals surface area contributed by atoms with E-state index < -0.39 is 35.0 Å². The van der Waals surface area contributed by atoms with Crippen molar-refractivity contribution in [2.24, 2.45) is 17.8 Å². The molecule has 1 N–H and O–H groups in total. The van der Waals surface area contributed by atoms with Crippen LogP contribution in [0.25, 0.3) is 0 Å². The maximum atomic E-state index is 14.3. The Morgan fingerprint density at radius 1 is 1.28 bits per heavy atom. The van der Waals surface area contributed by atoms with Crippen molar-refractivity contribution in [2.45, 2.75) is 50.5 Å². The molecule has 6 atom stereocenters. The Kier molecular flexibility index (Phi) is 7.38. The number of esters is 1. The molecule has 3 aliphatic heterocycles. The van der Waals surface area contributed by atoms with Crippen molar-refractivity contribution in [2.75, 3.05) is 26.3 Å². The fourth-order valence-corrected chi connectivity index (χ4v) is 6.45. The summed E-state index contributed by atoms with van der Waals surface area (Å²) in [6.07, 6.45) is 3.94. The minimum Gasteiger partial charge on any atom is -0.461 e. The molecule has 194 valence electrons. The predicted octanol–water partition coefficient (Wildman–Crippen LogP) is 2.32. The monoisotopic (exact) mass is 496 g/mol. The SMILES string of the molecule is C=CCOC(=O)[C@H]1[C@H]2C(=O)N(CCCO)C(C(=O)N(CC=C)Cc3ccccc3)C23CC(C)[C@]1(C)O3. The molecule has 3 saturated heterocycles. The Bertz CT molecular complexity index is 1030. The molecule has 3 unspecified atom stereocenters. The summed E-state index contributed by atoms with van der Waals surface area (Å²) in [5.41, 5.74) is -1.12. The first-order chi connectivity index (χ1) is 17.2. The normalized spacial score (nSPS) is 32.3. The van der Waals surface area contributed by atoms with Gasteiger partial charge in [-0.25, -0.2) is 0 Å². The molecule has 3 heterocycles. The maximum Gasteiger partial charge on any atom is 0.313 e. The molecule has 0 radical (unpaired) electrons. The molecular weight excluding hydrogens is 460 g/mol. The van der Waals surface area contributed by atoms with E-state index in [9.17, 15) is 19.5 Å². The Morgan fingerprint density at radius 2 is 2.00 bits per heavy atom. The van der Waals surface area contributed by atoms with E-state index in [0.717, 1.165) is 5.56 Å². The molecule has 8 heteroatoms. The fourth-order valence-electron chi connectivity index (χ4n) is 6.45. The van der Waals surface area contributed by atoms with E-state index in [4.69, 9.17) is 9.47 Å². The van der Waals surface area contributed by atoms with E-state index in [0.29, 0.717) is 25.9 Å². The van der Waals surface area contributed by atoms with Crippen molar-refractivity contribution in [3.63, 3.8) is 0 Å². The van der Waals surface area contributed by atoms with Gasteiger partial charge in [-0.3, -0.25) is 14.4 Å². The second kappa shape index (κ2) is 10.2. The molecule has 1 aromatic rings. The number of carbonyl (C=O) groups is 3. The highest BCUT2D eigenvalue weighted by Gasteiger charge is 2.80. The minimum absolute atomic E-state index is 0.0362. The van der Waals surface area contributed by atoms with Gasteiger partial charge in [-0.1, -0.05) is 56.0 Å². The summed E-state index contributed by atoms with van der Waals surface area (Å²) in [4.78, 5) is 44.6. The molecular formula is C28H36N2O6. The van der Waals surface area contributed by atoms with Gasteiger partial charge in [-0.15, -0.1) is 6.58 Å². The number of aliphatic hydroxyl groups is 1. The van der Waals surface area contributed by atoms with Crippen molar-refractivity contribution in [1.29, 1.82) is 0 Å². The van der Waals surface area contributed by atoms with Crippen molar-refractivity contribution in [1.82, 2.24) is 9.80 Å². The second-order valence-electron chi connectivity index (χ2n) is 10.2. The maximum absolute atomic E-state index is 14.3. The molecule has 0 aromatic heterocycles. The van der Waals surface area contributed by atoms with Crippen molar-refractivity contribution in [3.05, 3.63) is 61.2 Å². The number of hydrogen-bond donors (Lipinski definition) is 1. The van der Waals surface area contributed by atoms with E-state index in [1.165, 1.54) is 11.0 Å². The van der Waals surface area contributed by atoms with Gasteiger partial charge < -0.3 is 24.4 Å². The number of fused-ring (bicyclic) bond motifs is 1. The largest absolute Gasteiger partial charge is 0.461 e. The average molecular weight is 497 g/mol. The summed E-state index contributed by atoms with van der Waals surface area (Å²) in [5.74, 6) is -2.78. The zero-order chi connectivity index (χ0) is 26.1. The highest BCUT2D eigenvalue weighted by Crippen LogP contribution is 2.65. The average Bonchev–Trinajstić information content (AvgIpc) is 3.37. The third-order valence-corrected chi connectivity index (χ3v) is 8.08. The number of hydrogen-bond acceptors (Lipinski definition) is 6. The van der Waals surface area contributed by atoms with Crippen LogP contribution in [0.3, 0.4) is 0 Å². The minimum atomic E-state index is -1.15. The number of amides is 2. The third kappa shape index (κ3) is 4.06. The number of benzene rings is 1. The van der Waals surface area contributed by atoms with E-state index in [1.807, 2.05) is 44.2 Å². The number of carbonyl (C=O) groups excluding carboxylic acids is 3. The summed E-state index contributed by atoms with van der Waals surface area (Å²) in [7, 11) is 0. The standard InChI is InChI=1S/C28H36N2O6/c1-5-13-29(18-20-11-8-7-9-12-20)25(33)23-28-17-19(3)27(4,36-28)22(26(34)35-16-6-2)21(28)24(32)30(23)14-10-15-31/h5-9,11-12,19,21-23,31H,1-2,10,13-18H2,3-4H3/t19?,21-,22+,23?,27-,28?/m0/s1. The molecule has 1 spiro atoms. The Hall–Kier alpha value is -2.97. The van der Waals surface area contributed by atoms with Crippen LogP contribution in [0.15, 0.2) is 55.6 Å². The molecule has 8 nitrogen and oxygen atoms in total. The summed E-state index contributed by atoms with van der Waals surface area (Å²) in [6.45, 7) is 12.0. The lowest BCUT2D eigenvalue weighted by Gasteiger charge is -2.37. The van der Waals surface area contributed by atoms with E-state index in [1.54, 1.807) is 11.0 Å². The van der Waals surface area contributed by atoms with E-state index >= 15 is 0 Å². The van der Waals surface area contributed by atoms with Gasteiger partial charge in [0.25, 0.3) is 0 Å². The molecule has 2 bridgehead atoms. The van der Waals surface area contributed by atoms with Gasteiger partial charge in [-0.2, -0.15) is 0 Å². The van der Waals surface area contributed by atoms with E-state index in [-0.39, 0.29) is 37.5 Å². The molecule has 2 amide bonds. The summed E-state index contributed by atoms with van der Waals surface area (Å²) < 4.78 is 12.1. The first-order valence-corrected chi connectivity index (χ1v) is 12.6. The van der Waals surface area contributed by atoms with Gasteiger partial charge >= 0.3 is 5.97 Å². The highest BCUT2D eigenvalue weighted by molar-refractivity contribution is 5.98. The Labute approximate surface area is 212 Å². The van der Waals surface area contributed by atoms with Crippen LogP contribution < -0.4 is 0 Å². The van der Waals surface area contributed by atoms with Crippen LogP contribution in [0.2, 0.25) is 0 Å². The van der Waals surface area contributed by atoms with Gasteiger partial charge in [0.05, 0.1) is 11.5 Å². The molecule has 3 fully saturated rings. The lowest BCUT2D eigenvalue weighted by atomic mass is 9.62. The van der Waals surface area contributed by atoms with Crippen LogP contribution in [0.5, 0.6) is 0 Å². The lowest BCUT2D eigenvalue weighted by molar-refractivity contribution is -0.161. The fraction of sp³-hybridized carbons (Fsp3) is 0.536. The van der Waals surface area contributed by atoms with Crippen LogP contribution in [-0.2, 0) is 30.4 Å². The number of rotatable bonds is 11. The summed E-state index contributed by atoms with van der Waals surface area (Å²) >= 11 is 0. The van der Waals surface area contributed by atoms with Gasteiger partial charge in [-0.05, 0) is 31.2 Å². The predicted molar refractivity (Wildman–Crippen MR) is 133 cm³/mol. The van der Waals surface area contributed by atoms with Crippen molar-refractivity contribution >= 4 is 17.8 Å². The van der Waals surface area contributed by atoms with Crippen LogP contribution in [0, 0.1) is 17.8 Å². The van der Waals surface area contributed by atoms with Gasteiger partial charge in [0, 0.05) is 26.2 Å². The smallest absolute Gasteiger partial charge is 0.313 e. The van der Waals surface area contributed by atoms with E-state index in [2.05, 4.69) is 13.2 Å². The topological polar surface area (TPSA) is 96.4 Å². The summed E-state index contributed by atoms with van der Waals surface area (Å²) in [6, 6.07) is 8.72. The highest BCUT2D eigenvalue weighted by atomic mass is 16.6. The molecule has 0 saturated carbocycles. The lowest BCUT2D eigenvalue weighted by Crippen LogP contribution is -2.56. The molecule has 0 aliphatic carbocycles. The van der Waals surface area contributed by atoms with Crippen LogP contribution in [0.4, 0.5) is 0 Å². The summed E-state index contributed by atoms with van der Waals surface area (Å²) in [5, 5.41) is 9.52. The van der Waals surface area contributed by atoms with Crippen LogP contribution >= 0.6 is 0 Å². The van der Waals surface area contributed by atoms with Crippen molar-refractivity contribution in [3.8, 4) is 0 Å². The third-order valence-electron chi connectivity index (χ3n) is 8.08. The first kappa shape index (κ1) is 26.1. The Balaban J connectivity index is 1.75. The van der Waals surface area contributed by atoms with Crippen LogP contribution in [-0.4, -0.2) is 76.2 Å². The van der Waals surface area contributed by atoms with Crippen molar-refractivity contribution < 1.29 is 29.0 Å². The quantitative estimate of drug-likeness (QED) is 0.373. The zero-order valence-electron chi connectivity index (χ0n) is 21.1. The second-order valence-corrected chi connectivity index (χ2v) is 10.2. The van der Waals surface area contributed by atoms with Gasteiger partial charge in [0.2, 0.25) is 11.8 Å². The molecule has 36 heavy (non-hydrogen) atoms.